The van der Waals surface area contributed by atoms with Gasteiger partial charge in [0, 0.05) is 12.6 Å². The first-order valence-electron chi connectivity index (χ1n) is 7.87. The highest BCUT2D eigenvalue weighted by molar-refractivity contribution is 5.69. The number of aromatic nitrogens is 2. The van der Waals surface area contributed by atoms with Crippen LogP contribution in [0.3, 0.4) is 0 Å². The fourth-order valence-corrected chi connectivity index (χ4v) is 2.84. The molecule has 0 spiro atoms. The van der Waals surface area contributed by atoms with Crippen molar-refractivity contribution < 1.29 is 9.31 Å². The maximum absolute atomic E-state index is 12.9. The van der Waals surface area contributed by atoms with Gasteiger partial charge in [-0.2, -0.15) is 0 Å². The number of rotatable bonds is 6. The maximum Gasteiger partial charge on any atom is 0.353 e. The predicted molar refractivity (Wildman–Crippen MR) is 88.3 cm³/mol. The Morgan fingerprint density at radius 2 is 1.83 bits per heavy atom. The monoisotopic (exact) mass is 331 g/mol. The second-order valence-electron chi connectivity index (χ2n) is 5.78. The summed E-state index contributed by atoms with van der Waals surface area (Å²) in [4.78, 5) is 19.0. The molecule has 0 atom stereocenters. The first kappa shape index (κ1) is 16.1. The molecule has 1 aromatic heterocycles. The number of anilines is 2. The summed E-state index contributed by atoms with van der Waals surface area (Å²) >= 11 is 0. The summed E-state index contributed by atoms with van der Waals surface area (Å²) in [6, 6.07) is 6.14. The van der Waals surface area contributed by atoms with Crippen LogP contribution < -0.4 is 10.6 Å². The molecular formula is C16H18FN5O2. The van der Waals surface area contributed by atoms with Crippen LogP contribution in [0.15, 0.2) is 30.6 Å². The number of hydrogen-bond acceptors (Lipinski definition) is 6. The second-order valence-corrected chi connectivity index (χ2v) is 5.78. The van der Waals surface area contributed by atoms with E-state index in [0.717, 1.165) is 31.2 Å². The molecule has 1 aromatic carbocycles. The molecule has 2 aromatic rings. The molecule has 8 heteroatoms. The van der Waals surface area contributed by atoms with Gasteiger partial charge in [-0.05, 0) is 30.5 Å². The Labute approximate surface area is 138 Å². The van der Waals surface area contributed by atoms with Crippen molar-refractivity contribution in [3.8, 4) is 0 Å². The highest BCUT2D eigenvalue weighted by Crippen LogP contribution is 2.31. The molecule has 1 saturated carbocycles. The van der Waals surface area contributed by atoms with Crippen LogP contribution in [-0.4, -0.2) is 20.9 Å². The number of nitro groups is 1. The van der Waals surface area contributed by atoms with Crippen molar-refractivity contribution in [3.63, 3.8) is 0 Å². The van der Waals surface area contributed by atoms with Crippen LogP contribution in [0.5, 0.6) is 0 Å². The van der Waals surface area contributed by atoms with Crippen LogP contribution in [0.2, 0.25) is 0 Å². The lowest BCUT2D eigenvalue weighted by atomic mass is 10.2. The van der Waals surface area contributed by atoms with Gasteiger partial charge in [0.15, 0.2) is 0 Å². The Morgan fingerprint density at radius 3 is 2.50 bits per heavy atom. The third kappa shape index (κ3) is 3.76. The molecule has 0 bridgehead atoms. The molecule has 1 aliphatic carbocycles. The molecule has 2 N–H and O–H groups in total. The van der Waals surface area contributed by atoms with Gasteiger partial charge in [0.1, 0.15) is 12.1 Å². The predicted octanol–water partition coefficient (Wildman–Crippen LogP) is 3.49. The summed E-state index contributed by atoms with van der Waals surface area (Å²) in [7, 11) is 0. The highest BCUT2D eigenvalue weighted by Gasteiger charge is 2.25. The van der Waals surface area contributed by atoms with Crippen molar-refractivity contribution in [1.82, 2.24) is 9.97 Å². The normalized spacial score (nSPS) is 14.5. The number of halogens is 1. The number of nitrogens with one attached hydrogen (secondary N) is 2. The number of benzene rings is 1. The summed E-state index contributed by atoms with van der Waals surface area (Å²) < 4.78 is 12.9. The Hall–Kier alpha value is -2.77. The molecule has 7 nitrogen and oxygen atoms in total. The zero-order valence-electron chi connectivity index (χ0n) is 13.0. The highest BCUT2D eigenvalue weighted by atomic mass is 19.1. The third-order valence-electron chi connectivity index (χ3n) is 4.07. The van der Waals surface area contributed by atoms with Crippen LogP contribution in [0, 0.1) is 15.9 Å². The average Bonchev–Trinajstić information content (AvgIpc) is 3.07. The van der Waals surface area contributed by atoms with Crippen molar-refractivity contribution in [1.29, 1.82) is 0 Å². The number of hydrogen-bond donors (Lipinski definition) is 2. The molecule has 1 heterocycles. The second kappa shape index (κ2) is 7.20. The van der Waals surface area contributed by atoms with Crippen LogP contribution in [0.25, 0.3) is 0 Å². The molecule has 1 aliphatic rings. The van der Waals surface area contributed by atoms with E-state index >= 15 is 0 Å². The molecule has 0 unspecified atom stereocenters. The van der Waals surface area contributed by atoms with Gasteiger partial charge in [-0.15, -0.1) is 0 Å². The summed E-state index contributed by atoms with van der Waals surface area (Å²) in [5, 5.41) is 17.6. The van der Waals surface area contributed by atoms with Gasteiger partial charge in [-0.25, -0.2) is 14.4 Å². The Balaban J connectivity index is 1.78. The van der Waals surface area contributed by atoms with E-state index in [1.165, 1.54) is 18.5 Å². The number of nitrogens with zero attached hydrogens (tertiary/aromatic N) is 3. The van der Waals surface area contributed by atoms with Gasteiger partial charge in [-0.1, -0.05) is 25.0 Å². The van der Waals surface area contributed by atoms with Gasteiger partial charge in [0.2, 0.25) is 11.6 Å². The average molecular weight is 331 g/mol. The lowest BCUT2D eigenvalue weighted by molar-refractivity contribution is -0.383. The Kier molecular flexibility index (Phi) is 4.83. The van der Waals surface area contributed by atoms with E-state index in [2.05, 4.69) is 20.6 Å². The third-order valence-corrected chi connectivity index (χ3v) is 4.07. The maximum atomic E-state index is 12.9. The molecule has 0 radical (unpaired) electrons. The summed E-state index contributed by atoms with van der Waals surface area (Å²) in [6.07, 6.45) is 5.51. The van der Waals surface area contributed by atoms with Crippen molar-refractivity contribution in [3.05, 3.63) is 52.1 Å². The van der Waals surface area contributed by atoms with Crippen molar-refractivity contribution in [2.75, 3.05) is 10.6 Å². The molecule has 0 amide bonds. The lowest BCUT2D eigenvalue weighted by Gasteiger charge is -2.14. The van der Waals surface area contributed by atoms with E-state index in [-0.39, 0.29) is 29.2 Å². The van der Waals surface area contributed by atoms with E-state index in [1.807, 2.05) is 0 Å². The standard InChI is InChI=1S/C16H18FN5O2/c17-12-7-5-11(6-8-12)9-18-15-14(22(23)24)16(20-10-19-15)21-13-3-1-2-4-13/h5-8,10,13H,1-4,9H2,(H2,18,19,20,21). The first-order chi connectivity index (χ1) is 11.6. The summed E-state index contributed by atoms with van der Waals surface area (Å²) in [5.74, 6) is 0.0677. The van der Waals surface area contributed by atoms with Crippen molar-refractivity contribution in [2.45, 2.75) is 38.3 Å². The molecule has 126 valence electrons. The van der Waals surface area contributed by atoms with Crippen LogP contribution >= 0.6 is 0 Å². The van der Waals surface area contributed by atoms with Gasteiger partial charge < -0.3 is 10.6 Å². The lowest BCUT2D eigenvalue weighted by Crippen LogP contribution is -2.18. The Morgan fingerprint density at radius 1 is 1.17 bits per heavy atom. The summed E-state index contributed by atoms with van der Waals surface area (Å²) in [5.41, 5.74) is 0.640. The van der Waals surface area contributed by atoms with Crippen molar-refractivity contribution >= 4 is 17.3 Å². The van der Waals surface area contributed by atoms with Crippen LogP contribution in [-0.2, 0) is 6.54 Å². The van der Waals surface area contributed by atoms with Crippen LogP contribution in [0.1, 0.15) is 31.2 Å². The first-order valence-corrected chi connectivity index (χ1v) is 7.87. The van der Waals surface area contributed by atoms with E-state index in [0.29, 0.717) is 6.54 Å². The van der Waals surface area contributed by atoms with Gasteiger partial charge in [0.05, 0.1) is 4.92 Å². The molecule has 0 aliphatic heterocycles. The summed E-state index contributed by atoms with van der Waals surface area (Å²) in [6.45, 7) is 0.307. The van der Waals surface area contributed by atoms with Gasteiger partial charge in [-0.3, -0.25) is 10.1 Å². The minimum absolute atomic E-state index is 0.153. The fraction of sp³-hybridized carbons (Fsp3) is 0.375. The molecular weight excluding hydrogens is 313 g/mol. The zero-order valence-corrected chi connectivity index (χ0v) is 13.0. The smallest absolute Gasteiger partial charge is 0.353 e. The SMILES string of the molecule is O=[N+]([O-])c1c(NCc2ccc(F)cc2)ncnc1NC1CCCC1. The Bertz CT molecular complexity index is 717. The molecule has 0 saturated heterocycles. The fourth-order valence-electron chi connectivity index (χ4n) is 2.84. The minimum atomic E-state index is -0.482. The topological polar surface area (TPSA) is 93.0 Å². The zero-order chi connectivity index (χ0) is 16.9. The van der Waals surface area contributed by atoms with Gasteiger partial charge >= 0.3 is 5.69 Å². The van der Waals surface area contributed by atoms with E-state index in [9.17, 15) is 14.5 Å². The van der Waals surface area contributed by atoms with E-state index in [1.54, 1.807) is 12.1 Å². The molecule has 1 fully saturated rings. The molecule has 24 heavy (non-hydrogen) atoms. The van der Waals surface area contributed by atoms with E-state index < -0.39 is 4.92 Å². The minimum Gasteiger partial charge on any atom is -0.361 e. The van der Waals surface area contributed by atoms with E-state index in [4.69, 9.17) is 0 Å². The quantitative estimate of drug-likeness (QED) is 0.622. The van der Waals surface area contributed by atoms with Crippen LogP contribution in [0.4, 0.5) is 21.7 Å². The van der Waals surface area contributed by atoms with Gasteiger partial charge in [0.25, 0.3) is 0 Å². The van der Waals surface area contributed by atoms with Crippen molar-refractivity contribution in [2.24, 2.45) is 0 Å². The molecule has 3 rings (SSSR count). The largest absolute Gasteiger partial charge is 0.361 e.